The minimum Gasteiger partial charge on any atom is -0.489 e. The van der Waals surface area contributed by atoms with E-state index in [0.29, 0.717) is 12.2 Å². The molecule has 24 heavy (non-hydrogen) atoms. The third kappa shape index (κ3) is 5.23. The molecule has 0 radical (unpaired) electrons. The van der Waals surface area contributed by atoms with Crippen LogP contribution in [0.1, 0.15) is 36.7 Å². The summed E-state index contributed by atoms with van der Waals surface area (Å²) in [5, 5.41) is 0. The third-order valence-electron chi connectivity index (χ3n) is 3.51. The van der Waals surface area contributed by atoms with Gasteiger partial charge in [0.2, 0.25) is 0 Å². The van der Waals surface area contributed by atoms with Crippen molar-refractivity contribution in [1.82, 2.24) is 0 Å². The second-order valence-electron chi connectivity index (χ2n) is 6.55. The lowest BCUT2D eigenvalue weighted by Crippen LogP contribution is -2.26. The molecular formula is C20H22O4. The molecule has 126 valence electrons. The van der Waals surface area contributed by atoms with E-state index in [1.54, 1.807) is 32.9 Å². The Hall–Kier alpha value is -2.62. The fraction of sp³-hybridized carbons (Fsp3) is 0.300. The van der Waals surface area contributed by atoms with Crippen LogP contribution in [0.2, 0.25) is 0 Å². The van der Waals surface area contributed by atoms with Gasteiger partial charge in [0.1, 0.15) is 12.4 Å². The van der Waals surface area contributed by atoms with E-state index in [2.05, 4.69) is 0 Å². The molecule has 0 saturated heterocycles. The van der Waals surface area contributed by atoms with E-state index >= 15 is 0 Å². The van der Waals surface area contributed by atoms with Crippen LogP contribution in [0.3, 0.4) is 0 Å². The zero-order chi connectivity index (χ0) is 17.6. The Morgan fingerprint density at radius 1 is 0.917 bits per heavy atom. The Bertz CT molecular complexity index is 682. The van der Waals surface area contributed by atoms with E-state index in [1.807, 2.05) is 42.5 Å². The van der Waals surface area contributed by atoms with Gasteiger partial charge in [0, 0.05) is 5.41 Å². The van der Waals surface area contributed by atoms with Crippen molar-refractivity contribution in [3.63, 3.8) is 0 Å². The van der Waals surface area contributed by atoms with Crippen LogP contribution in [0.15, 0.2) is 54.6 Å². The summed E-state index contributed by atoms with van der Waals surface area (Å²) >= 11 is 0. The van der Waals surface area contributed by atoms with E-state index in [4.69, 9.17) is 9.47 Å². The number of ketones is 1. The number of carbonyl (C=O) groups is 2. The fourth-order valence-electron chi connectivity index (χ4n) is 1.85. The van der Waals surface area contributed by atoms with Gasteiger partial charge in [0.15, 0.2) is 12.4 Å². The van der Waals surface area contributed by atoms with Gasteiger partial charge in [-0.1, -0.05) is 51.1 Å². The van der Waals surface area contributed by atoms with E-state index in [1.165, 1.54) is 0 Å². The Morgan fingerprint density at radius 2 is 1.54 bits per heavy atom. The number of hydrogen-bond acceptors (Lipinski definition) is 4. The molecule has 0 saturated carbocycles. The number of carbonyl (C=O) groups excluding carboxylic acids is 2. The topological polar surface area (TPSA) is 52.6 Å². The highest BCUT2D eigenvalue weighted by Crippen LogP contribution is 2.15. The highest BCUT2D eigenvalue weighted by atomic mass is 16.5. The van der Waals surface area contributed by atoms with Crippen molar-refractivity contribution in [2.24, 2.45) is 5.41 Å². The molecule has 0 N–H and O–H groups in total. The molecule has 0 heterocycles. The first-order valence-corrected chi connectivity index (χ1v) is 7.83. The van der Waals surface area contributed by atoms with Crippen molar-refractivity contribution in [1.29, 1.82) is 0 Å². The molecule has 0 aliphatic heterocycles. The lowest BCUT2D eigenvalue weighted by Gasteiger charge is -2.16. The van der Waals surface area contributed by atoms with Gasteiger partial charge in [-0.3, -0.25) is 4.79 Å². The second kappa shape index (κ2) is 7.77. The van der Waals surface area contributed by atoms with Crippen LogP contribution in [0.4, 0.5) is 0 Å². The molecule has 0 amide bonds. The smallest absolute Gasteiger partial charge is 0.338 e. The van der Waals surface area contributed by atoms with Gasteiger partial charge >= 0.3 is 5.97 Å². The van der Waals surface area contributed by atoms with Gasteiger partial charge in [-0.15, -0.1) is 0 Å². The number of esters is 1. The summed E-state index contributed by atoms with van der Waals surface area (Å²) < 4.78 is 10.7. The highest BCUT2D eigenvalue weighted by molar-refractivity contribution is 5.92. The molecule has 0 aliphatic rings. The Kier molecular flexibility index (Phi) is 5.74. The quantitative estimate of drug-likeness (QED) is 0.752. The first-order valence-electron chi connectivity index (χ1n) is 7.83. The Labute approximate surface area is 142 Å². The summed E-state index contributed by atoms with van der Waals surface area (Å²) in [6, 6.07) is 16.5. The van der Waals surface area contributed by atoms with E-state index < -0.39 is 11.4 Å². The molecule has 4 nitrogen and oxygen atoms in total. The zero-order valence-corrected chi connectivity index (χ0v) is 14.2. The van der Waals surface area contributed by atoms with E-state index in [-0.39, 0.29) is 12.4 Å². The zero-order valence-electron chi connectivity index (χ0n) is 14.2. The van der Waals surface area contributed by atoms with Crippen molar-refractivity contribution in [3.8, 4) is 5.75 Å². The Morgan fingerprint density at radius 3 is 2.12 bits per heavy atom. The first kappa shape index (κ1) is 17.7. The lowest BCUT2D eigenvalue weighted by molar-refractivity contribution is -0.129. The molecule has 2 aromatic rings. The molecule has 0 aromatic heterocycles. The maximum absolute atomic E-state index is 12.0. The SMILES string of the molecule is CC(C)(C)C(=O)COC(=O)c1ccc(COc2ccccc2)cc1. The average molecular weight is 326 g/mol. The van der Waals surface area contributed by atoms with Crippen molar-refractivity contribution in [2.45, 2.75) is 27.4 Å². The second-order valence-corrected chi connectivity index (χ2v) is 6.55. The third-order valence-corrected chi connectivity index (χ3v) is 3.51. The predicted octanol–water partition coefficient (Wildman–Crippen LogP) is 4.04. The van der Waals surface area contributed by atoms with Gasteiger partial charge in [0.05, 0.1) is 5.56 Å². The maximum atomic E-state index is 12.0. The van der Waals surface area contributed by atoms with Crippen molar-refractivity contribution in [2.75, 3.05) is 6.61 Å². The molecule has 2 rings (SSSR count). The minimum absolute atomic E-state index is 0.108. The van der Waals surface area contributed by atoms with Crippen LogP contribution in [0.25, 0.3) is 0 Å². The molecule has 0 bridgehead atoms. The normalized spacial score (nSPS) is 11.0. The molecule has 0 atom stereocenters. The van der Waals surface area contributed by atoms with Crippen LogP contribution >= 0.6 is 0 Å². The highest BCUT2D eigenvalue weighted by Gasteiger charge is 2.22. The summed E-state index contributed by atoms with van der Waals surface area (Å²) in [4.78, 5) is 23.7. The molecule has 0 aliphatic carbocycles. The van der Waals surface area contributed by atoms with Gasteiger partial charge in [-0.05, 0) is 29.8 Å². The number of benzene rings is 2. The number of rotatable bonds is 6. The fourth-order valence-corrected chi connectivity index (χ4v) is 1.85. The van der Waals surface area contributed by atoms with Crippen molar-refractivity contribution < 1.29 is 19.1 Å². The van der Waals surface area contributed by atoms with Crippen LogP contribution in [-0.2, 0) is 16.1 Å². The average Bonchev–Trinajstić information content (AvgIpc) is 2.58. The lowest BCUT2D eigenvalue weighted by atomic mass is 9.91. The summed E-state index contributed by atoms with van der Waals surface area (Å²) in [5.41, 5.74) is 0.847. The molecule has 4 heteroatoms. The van der Waals surface area contributed by atoms with Crippen LogP contribution in [0, 0.1) is 5.41 Å². The van der Waals surface area contributed by atoms with Crippen LogP contribution < -0.4 is 4.74 Å². The van der Waals surface area contributed by atoms with E-state index in [0.717, 1.165) is 11.3 Å². The van der Waals surface area contributed by atoms with Crippen LogP contribution in [0.5, 0.6) is 5.75 Å². The Balaban J connectivity index is 1.87. The number of para-hydroxylation sites is 1. The van der Waals surface area contributed by atoms with Gasteiger partial charge in [-0.2, -0.15) is 0 Å². The predicted molar refractivity (Wildman–Crippen MR) is 92.0 cm³/mol. The monoisotopic (exact) mass is 326 g/mol. The van der Waals surface area contributed by atoms with Gasteiger partial charge in [0.25, 0.3) is 0 Å². The number of ether oxygens (including phenoxy) is 2. The van der Waals surface area contributed by atoms with E-state index in [9.17, 15) is 9.59 Å². The minimum atomic E-state index is -0.515. The largest absolute Gasteiger partial charge is 0.489 e. The molecule has 2 aromatic carbocycles. The summed E-state index contributed by atoms with van der Waals surface area (Å²) in [6.45, 7) is 5.60. The van der Waals surface area contributed by atoms with Crippen molar-refractivity contribution >= 4 is 11.8 Å². The summed E-state index contributed by atoms with van der Waals surface area (Å²) in [7, 11) is 0. The van der Waals surface area contributed by atoms with Crippen LogP contribution in [-0.4, -0.2) is 18.4 Å². The number of hydrogen-bond donors (Lipinski definition) is 0. The number of Topliss-reactive ketones (excluding diaryl/α,β-unsaturated/α-hetero) is 1. The van der Waals surface area contributed by atoms with Gasteiger partial charge in [-0.25, -0.2) is 4.79 Å². The molecule has 0 spiro atoms. The standard InChI is InChI=1S/C20H22O4/c1-20(2,3)18(21)14-24-19(22)16-11-9-15(10-12-16)13-23-17-7-5-4-6-8-17/h4-12H,13-14H2,1-3H3. The summed E-state index contributed by atoms with van der Waals surface area (Å²) in [6.07, 6.45) is 0. The molecule has 0 unspecified atom stereocenters. The van der Waals surface area contributed by atoms with Gasteiger partial charge < -0.3 is 9.47 Å². The molecule has 0 fully saturated rings. The summed E-state index contributed by atoms with van der Waals surface area (Å²) in [5.74, 6) is 0.188. The molecular weight excluding hydrogens is 304 g/mol. The maximum Gasteiger partial charge on any atom is 0.338 e. The van der Waals surface area contributed by atoms with Crippen molar-refractivity contribution in [3.05, 3.63) is 65.7 Å². The first-order chi connectivity index (χ1) is 11.4.